The molecule has 1 fully saturated rings. The first-order valence-corrected chi connectivity index (χ1v) is 7.61. The Bertz CT molecular complexity index is 432. The standard InChI is InChI=1S/C14H20BrClN2O/c1-18-7-9(6-17)3-14(18)10-4-12(15)11(8-19-2)13(16)5-10/h4-5,9,14H,3,6-8,17H2,1-2H3. The first-order valence-electron chi connectivity index (χ1n) is 6.43. The minimum absolute atomic E-state index is 0.402. The van der Waals surface area contributed by atoms with E-state index in [2.05, 4.69) is 40.0 Å². The number of methoxy groups -OCH3 is 1. The highest BCUT2D eigenvalue weighted by Crippen LogP contribution is 2.37. The van der Waals surface area contributed by atoms with Crippen LogP contribution in [0.1, 0.15) is 23.6 Å². The van der Waals surface area contributed by atoms with E-state index in [-0.39, 0.29) is 0 Å². The summed E-state index contributed by atoms with van der Waals surface area (Å²) in [5.41, 5.74) is 8.03. The van der Waals surface area contributed by atoms with Crippen molar-refractivity contribution in [1.82, 2.24) is 4.90 Å². The molecule has 0 saturated carbocycles. The quantitative estimate of drug-likeness (QED) is 0.909. The summed E-state index contributed by atoms with van der Waals surface area (Å²) in [4.78, 5) is 2.35. The summed E-state index contributed by atoms with van der Waals surface area (Å²) in [5.74, 6) is 0.575. The Kier molecular flexibility index (Phi) is 5.26. The van der Waals surface area contributed by atoms with Crippen LogP contribution < -0.4 is 5.73 Å². The van der Waals surface area contributed by atoms with Crippen LogP contribution in [0.15, 0.2) is 16.6 Å². The van der Waals surface area contributed by atoms with Crippen molar-refractivity contribution in [2.24, 2.45) is 11.7 Å². The van der Waals surface area contributed by atoms with Gasteiger partial charge in [0.2, 0.25) is 0 Å². The predicted octanol–water partition coefficient (Wildman–Crippen LogP) is 3.20. The van der Waals surface area contributed by atoms with Crippen LogP contribution in [0, 0.1) is 5.92 Å². The first-order chi connectivity index (χ1) is 9.06. The Morgan fingerprint density at radius 1 is 1.53 bits per heavy atom. The van der Waals surface area contributed by atoms with Crippen molar-refractivity contribution in [3.05, 3.63) is 32.8 Å². The third kappa shape index (κ3) is 3.31. The van der Waals surface area contributed by atoms with Crippen molar-refractivity contribution in [2.75, 3.05) is 27.2 Å². The lowest BCUT2D eigenvalue weighted by atomic mass is 9.99. The minimum Gasteiger partial charge on any atom is -0.380 e. The van der Waals surface area contributed by atoms with E-state index < -0.39 is 0 Å². The molecule has 106 valence electrons. The molecule has 2 atom stereocenters. The average Bonchev–Trinajstić information content (AvgIpc) is 2.75. The van der Waals surface area contributed by atoms with Crippen molar-refractivity contribution in [2.45, 2.75) is 19.1 Å². The molecule has 2 rings (SSSR count). The van der Waals surface area contributed by atoms with Gasteiger partial charge in [-0.15, -0.1) is 0 Å². The van der Waals surface area contributed by atoms with Crippen molar-refractivity contribution in [3.8, 4) is 0 Å². The monoisotopic (exact) mass is 346 g/mol. The number of halogens is 2. The molecule has 2 N–H and O–H groups in total. The van der Waals surface area contributed by atoms with Crippen LogP contribution in [0.5, 0.6) is 0 Å². The minimum atomic E-state index is 0.402. The van der Waals surface area contributed by atoms with E-state index in [0.717, 1.165) is 34.6 Å². The van der Waals surface area contributed by atoms with E-state index >= 15 is 0 Å². The Labute approximate surface area is 128 Å². The summed E-state index contributed by atoms with van der Waals surface area (Å²) >= 11 is 9.95. The molecule has 5 heteroatoms. The number of hydrogen-bond acceptors (Lipinski definition) is 3. The summed E-state index contributed by atoms with van der Waals surface area (Å²) in [6.07, 6.45) is 1.10. The number of rotatable bonds is 4. The predicted molar refractivity (Wildman–Crippen MR) is 82.4 cm³/mol. The van der Waals surface area contributed by atoms with Gasteiger partial charge in [0.25, 0.3) is 0 Å². The molecular weight excluding hydrogens is 328 g/mol. The van der Waals surface area contributed by atoms with E-state index in [1.807, 2.05) is 0 Å². The zero-order valence-corrected chi connectivity index (χ0v) is 13.7. The van der Waals surface area contributed by atoms with E-state index in [0.29, 0.717) is 18.6 Å². The van der Waals surface area contributed by atoms with E-state index in [1.54, 1.807) is 7.11 Å². The van der Waals surface area contributed by atoms with Gasteiger partial charge in [-0.25, -0.2) is 0 Å². The van der Waals surface area contributed by atoms with Crippen molar-refractivity contribution in [3.63, 3.8) is 0 Å². The molecule has 1 heterocycles. The van der Waals surface area contributed by atoms with Gasteiger partial charge in [0, 0.05) is 34.8 Å². The van der Waals surface area contributed by atoms with Crippen LogP contribution in [0.3, 0.4) is 0 Å². The molecule has 0 amide bonds. The van der Waals surface area contributed by atoms with Gasteiger partial charge in [0.15, 0.2) is 0 Å². The van der Waals surface area contributed by atoms with Crippen LogP contribution >= 0.6 is 27.5 Å². The van der Waals surface area contributed by atoms with Gasteiger partial charge in [-0.1, -0.05) is 27.5 Å². The number of nitrogens with two attached hydrogens (primary N) is 1. The maximum atomic E-state index is 6.36. The molecule has 0 aromatic heterocycles. The van der Waals surface area contributed by atoms with Crippen LogP contribution in [-0.2, 0) is 11.3 Å². The summed E-state index contributed by atoms with van der Waals surface area (Å²) in [6, 6.07) is 4.61. The van der Waals surface area contributed by atoms with Gasteiger partial charge in [-0.05, 0) is 43.6 Å². The largest absolute Gasteiger partial charge is 0.380 e. The van der Waals surface area contributed by atoms with Gasteiger partial charge in [-0.3, -0.25) is 4.90 Å². The Morgan fingerprint density at radius 3 is 2.79 bits per heavy atom. The molecule has 1 saturated heterocycles. The lowest BCUT2D eigenvalue weighted by Gasteiger charge is -2.21. The fourth-order valence-electron chi connectivity index (χ4n) is 2.76. The van der Waals surface area contributed by atoms with Crippen LogP contribution in [0.4, 0.5) is 0 Å². The summed E-state index contributed by atoms with van der Waals surface area (Å²) in [5, 5.41) is 0.760. The molecule has 2 unspecified atom stereocenters. The van der Waals surface area contributed by atoms with Gasteiger partial charge >= 0.3 is 0 Å². The number of ether oxygens (including phenoxy) is 1. The zero-order chi connectivity index (χ0) is 14.0. The smallest absolute Gasteiger partial charge is 0.0738 e. The molecule has 0 bridgehead atoms. The van der Waals surface area contributed by atoms with Gasteiger partial charge < -0.3 is 10.5 Å². The van der Waals surface area contributed by atoms with E-state index in [4.69, 9.17) is 22.1 Å². The molecule has 19 heavy (non-hydrogen) atoms. The molecule has 0 aliphatic carbocycles. The second-order valence-electron chi connectivity index (χ2n) is 5.19. The fraction of sp³-hybridized carbons (Fsp3) is 0.571. The zero-order valence-electron chi connectivity index (χ0n) is 11.3. The highest BCUT2D eigenvalue weighted by molar-refractivity contribution is 9.10. The van der Waals surface area contributed by atoms with Gasteiger partial charge in [0.05, 0.1) is 6.61 Å². The summed E-state index contributed by atoms with van der Waals surface area (Å²) in [6.45, 7) is 2.32. The summed E-state index contributed by atoms with van der Waals surface area (Å²) in [7, 11) is 3.82. The SMILES string of the molecule is COCc1c(Cl)cc(C2CC(CN)CN2C)cc1Br. The Balaban J connectivity index is 2.26. The summed E-state index contributed by atoms with van der Waals surface area (Å²) < 4.78 is 6.18. The molecule has 1 aromatic rings. The number of likely N-dealkylation sites (tertiary alicyclic amines) is 1. The Hall–Kier alpha value is -0.130. The molecule has 3 nitrogen and oxygen atoms in total. The third-order valence-electron chi connectivity index (χ3n) is 3.80. The van der Waals surface area contributed by atoms with E-state index in [9.17, 15) is 0 Å². The van der Waals surface area contributed by atoms with E-state index in [1.165, 1.54) is 5.56 Å². The second kappa shape index (κ2) is 6.55. The normalized spacial score (nSPS) is 24.1. The molecule has 1 aliphatic rings. The molecule has 1 aromatic carbocycles. The van der Waals surface area contributed by atoms with Gasteiger partial charge in [-0.2, -0.15) is 0 Å². The molecule has 0 radical (unpaired) electrons. The van der Waals surface area contributed by atoms with Crippen molar-refractivity contribution >= 4 is 27.5 Å². The average molecular weight is 348 g/mol. The number of nitrogens with zero attached hydrogens (tertiary/aromatic N) is 1. The highest BCUT2D eigenvalue weighted by Gasteiger charge is 2.30. The lowest BCUT2D eigenvalue weighted by molar-refractivity contribution is 0.184. The first kappa shape index (κ1) is 15.3. The van der Waals surface area contributed by atoms with Crippen molar-refractivity contribution in [1.29, 1.82) is 0 Å². The molecule has 1 aliphatic heterocycles. The molecule has 0 spiro atoms. The topological polar surface area (TPSA) is 38.5 Å². The van der Waals surface area contributed by atoms with Gasteiger partial charge in [0.1, 0.15) is 0 Å². The Morgan fingerprint density at radius 2 is 2.26 bits per heavy atom. The maximum Gasteiger partial charge on any atom is 0.0738 e. The van der Waals surface area contributed by atoms with Crippen LogP contribution in [-0.4, -0.2) is 32.1 Å². The highest BCUT2D eigenvalue weighted by atomic mass is 79.9. The second-order valence-corrected chi connectivity index (χ2v) is 6.45. The maximum absolute atomic E-state index is 6.36. The third-order valence-corrected chi connectivity index (χ3v) is 4.85. The fourth-order valence-corrected chi connectivity index (χ4v) is 3.75. The van der Waals surface area contributed by atoms with Crippen LogP contribution in [0.2, 0.25) is 5.02 Å². The number of benzene rings is 1. The van der Waals surface area contributed by atoms with Crippen LogP contribution in [0.25, 0.3) is 0 Å². The molecular formula is C14H20BrClN2O. The lowest BCUT2D eigenvalue weighted by Crippen LogP contribution is -2.20. The van der Waals surface area contributed by atoms with Crippen molar-refractivity contribution < 1.29 is 4.74 Å². The number of hydrogen-bond donors (Lipinski definition) is 1.